The summed E-state index contributed by atoms with van der Waals surface area (Å²) >= 11 is 0. The van der Waals surface area contributed by atoms with Crippen molar-refractivity contribution in [2.45, 2.75) is 26.1 Å². The fourth-order valence-electron chi connectivity index (χ4n) is 3.36. The van der Waals surface area contributed by atoms with E-state index < -0.39 is 15.8 Å². The molecule has 3 rings (SSSR count). The minimum atomic E-state index is -3.32. The molecular weight excluding hydrogens is 362 g/mol. The maximum absolute atomic E-state index is 12.6. The number of ether oxygens (including phenoxy) is 1. The summed E-state index contributed by atoms with van der Waals surface area (Å²) in [6, 6.07) is 15.0. The van der Waals surface area contributed by atoms with E-state index in [1.165, 1.54) is 7.11 Å². The molecule has 0 aliphatic rings. The van der Waals surface area contributed by atoms with Crippen LogP contribution in [-0.4, -0.2) is 31.8 Å². The quantitative estimate of drug-likeness (QED) is 0.608. The van der Waals surface area contributed by atoms with Gasteiger partial charge in [0.05, 0.1) is 18.6 Å². The van der Waals surface area contributed by atoms with Gasteiger partial charge in [0.2, 0.25) is 0 Å². The fourth-order valence-corrected chi connectivity index (χ4v) is 4.66. The Morgan fingerprint density at radius 1 is 1.07 bits per heavy atom. The summed E-state index contributed by atoms with van der Waals surface area (Å²) in [7, 11) is -1.99. The van der Waals surface area contributed by atoms with E-state index in [2.05, 4.69) is 0 Å². The molecule has 0 aliphatic heterocycles. The van der Waals surface area contributed by atoms with Crippen LogP contribution in [0, 0.1) is 13.8 Å². The Morgan fingerprint density at radius 3 is 2.44 bits per heavy atom. The van der Waals surface area contributed by atoms with Gasteiger partial charge >= 0.3 is 5.97 Å². The van der Waals surface area contributed by atoms with E-state index in [0.29, 0.717) is 5.69 Å². The topological polar surface area (TPSA) is 65.4 Å². The third-order valence-corrected chi connectivity index (χ3v) is 6.28. The van der Waals surface area contributed by atoms with Crippen LogP contribution >= 0.6 is 0 Å². The molecule has 0 saturated carbocycles. The number of sulfone groups is 1. The van der Waals surface area contributed by atoms with Gasteiger partial charge < -0.3 is 9.30 Å². The van der Waals surface area contributed by atoms with E-state index in [0.717, 1.165) is 27.6 Å². The normalized spacial score (nSPS) is 11.7. The maximum atomic E-state index is 12.6. The van der Waals surface area contributed by atoms with Crippen molar-refractivity contribution in [3.8, 4) is 0 Å². The first-order chi connectivity index (χ1) is 12.8. The molecule has 0 spiro atoms. The number of rotatable bonds is 6. The van der Waals surface area contributed by atoms with Crippen LogP contribution in [0.2, 0.25) is 0 Å². The number of aromatic nitrogens is 1. The average Bonchev–Trinajstić information content (AvgIpc) is 2.91. The lowest BCUT2D eigenvalue weighted by Gasteiger charge is -2.11. The van der Waals surface area contributed by atoms with E-state index in [-0.39, 0.29) is 18.1 Å². The molecular formula is C21H23NO4S. The predicted octanol–water partition coefficient (Wildman–Crippen LogP) is 3.66. The van der Waals surface area contributed by atoms with Crippen LogP contribution in [0.4, 0.5) is 0 Å². The predicted molar refractivity (Wildman–Crippen MR) is 107 cm³/mol. The summed E-state index contributed by atoms with van der Waals surface area (Å²) in [6.07, 6.45) is 0. The molecule has 0 saturated heterocycles. The van der Waals surface area contributed by atoms with Crippen molar-refractivity contribution in [3.05, 3.63) is 70.9 Å². The standard InChI is InChI=1S/C21H23NO4S/c1-15-9-10-19-18(13-15)16(2)20(21(23)26-3)22(19)11-12-27(24,25)14-17-7-5-4-6-8-17/h4-10,13H,11-12,14H2,1-3H3. The van der Waals surface area contributed by atoms with Gasteiger partial charge in [-0.15, -0.1) is 0 Å². The van der Waals surface area contributed by atoms with Gasteiger partial charge in [0.25, 0.3) is 0 Å². The van der Waals surface area contributed by atoms with Crippen LogP contribution < -0.4 is 0 Å². The number of aryl methyl sites for hydroxylation is 3. The van der Waals surface area contributed by atoms with Gasteiger partial charge in [0.15, 0.2) is 9.84 Å². The van der Waals surface area contributed by atoms with Crippen LogP contribution in [-0.2, 0) is 26.9 Å². The first-order valence-corrected chi connectivity index (χ1v) is 10.6. The molecule has 0 bridgehead atoms. The van der Waals surface area contributed by atoms with E-state index in [4.69, 9.17) is 4.74 Å². The monoisotopic (exact) mass is 385 g/mol. The second kappa shape index (κ2) is 7.56. The SMILES string of the molecule is COC(=O)c1c(C)c2cc(C)ccc2n1CCS(=O)(=O)Cc1ccccc1. The molecule has 27 heavy (non-hydrogen) atoms. The van der Waals surface area contributed by atoms with Crippen molar-refractivity contribution in [2.75, 3.05) is 12.9 Å². The van der Waals surface area contributed by atoms with Gasteiger partial charge in [-0.25, -0.2) is 13.2 Å². The Labute approximate surface area is 159 Å². The highest BCUT2D eigenvalue weighted by molar-refractivity contribution is 7.90. The molecule has 0 N–H and O–H groups in total. The smallest absolute Gasteiger partial charge is 0.354 e. The Kier molecular flexibility index (Phi) is 5.37. The molecule has 0 radical (unpaired) electrons. The lowest BCUT2D eigenvalue weighted by Crippen LogP contribution is -2.18. The molecule has 142 valence electrons. The van der Waals surface area contributed by atoms with Gasteiger partial charge in [-0.05, 0) is 37.1 Å². The van der Waals surface area contributed by atoms with Crippen molar-refractivity contribution in [2.24, 2.45) is 0 Å². The van der Waals surface area contributed by atoms with E-state index >= 15 is 0 Å². The molecule has 0 fully saturated rings. The molecule has 0 aliphatic carbocycles. The molecule has 2 aromatic carbocycles. The number of fused-ring (bicyclic) bond motifs is 1. The third kappa shape index (κ3) is 4.06. The summed E-state index contributed by atoms with van der Waals surface area (Å²) in [5.41, 5.74) is 3.90. The van der Waals surface area contributed by atoms with Crippen LogP contribution in [0.3, 0.4) is 0 Å². The van der Waals surface area contributed by atoms with Crippen molar-refractivity contribution in [1.29, 1.82) is 0 Å². The average molecular weight is 385 g/mol. The number of nitrogens with zero attached hydrogens (tertiary/aromatic N) is 1. The summed E-state index contributed by atoms with van der Waals surface area (Å²) in [5.74, 6) is -0.524. The van der Waals surface area contributed by atoms with Crippen molar-refractivity contribution in [1.82, 2.24) is 4.57 Å². The first-order valence-electron chi connectivity index (χ1n) is 8.74. The molecule has 6 heteroatoms. The summed E-state index contributed by atoms with van der Waals surface area (Å²) < 4.78 is 31.9. The molecule has 3 aromatic rings. The largest absolute Gasteiger partial charge is 0.464 e. The summed E-state index contributed by atoms with van der Waals surface area (Å²) in [5, 5.41) is 0.941. The van der Waals surface area contributed by atoms with Gasteiger partial charge in [-0.2, -0.15) is 0 Å². The number of esters is 1. The Hall–Kier alpha value is -2.60. The van der Waals surface area contributed by atoms with Crippen LogP contribution in [0.15, 0.2) is 48.5 Å². The van der Waals surface area contributed by atoms with Crippen LogP contribution in [0.25, 0.3) is 10.9 Å². The number of hydrogen-bond acceptors (Lipinski definition) is 4. The Balaban J connectivity index is 1.95. The van der Waals surface area contributed by atoms with Crippen molar-refractivity contribution in [3.63, 3.8) is 0 Å². The lowest BCUT2D eigenvalue weighted by atomic mass is 10.1. The first kappa shape index (κ1) is 19.2. The van der Waals surface area contributed by atoms with Gasteiger partial charge in [-0.1, -0.05) is 42.0 Å². The lowest BCUT2D eigenvalue weighted by molar-refractivity contribution is 0.0588. The number of benzene rings is 2. The second-order valence-corrected chi connectivity index (χ2v) is 8.90. The van der Waals surface area contributed by atoms with Crippen LogP contribution in [0.1, 0.15) is 27.2 Å². The zero-order valence-electron chi connectivity index (χ0n) is 15.7. The van der Waals surface area contributed by atoms with E-state index in [1.807, 2.05) is 50.2 Å². The van der Waals surface area contributed by atoms with Crippen molar-refractivity contribution >= 4 is 26.7 Å². The zero-order chi connectivity index (χ0) is 19.6. The zero-order valence-corrected chi connectivity index (χ0v) is 16.5. The molecule has 0 atom stereocenters. The minimum absolute atomic E-state index is 0.0152. The molecule has 5 nitrogen and oxygen atoms in total. The maximum Gasteiger partial charge on any atom is 0.354 e. The van der Waals surface area contributed by atoms with E-state index in [9.17, 15) is 13.2 Å². The van der Waals surface area contributed by atoms with Gasteiger partial charge in [-0.3, -0.25) is 0 Å². The highest BCUT2D eigenvalue weighted by atomic mass is 32.2. The summed E-state index contributed by atoms with van der Waals surface area (Å²) in [6.45, 7) is 4.05. The second-order valence-electron chi connectivity index (χ2n) is 6.72. The Bertz CT molecular complexity index is 1080. The van der Waals surface area contributed by atoms with Crippen molar-refractivity contribution < 1.29 is 17.9 Å². The highest BCUT2D eigenvalue weighted by Crippen LogP contribution is 2.27. The van der Waals surface area contributed by atoms with E-state index in [1.54, 1.807) is 16.7 Å². The highest BCUT2D eigenvalue weighted by Gasteiger charge is 2.22. The number of methoxy groups -OCH3 is 1. The van der Waals surface area contributed by atoms with Gasteiger partial charge in [0.1, 0.15) is 5.69 Å². The number of hydrogen-bond donors (Lipinski definition) is 0. The fraction of sp³-hybridized carbons (Fsp3) is 0.286. The number of carbonyl (C=O) groups is 1. The molecule has 0 amide bonds. The van der Waals surface area contributed by atoms with Gasteiger partial charge in [0, 0.05) is 17.4 Å². The Morgan fingerprint density at radius 2 is 1.78 bits per heavy atom. The summed E-state index contributed by atoms with van der Waals surface area (Å²) in [4.78, 5) is 12.3. The third-order valence-electron chi connectivity index (χ3n) is 4.71. The molecule has 1 aromatic heterocycles. The minimum Gasteiger partial charge on any atom is -0.464 e. The molecule has 0 unspecified atom stereocenters. The number of carbonyl (C=O) groups excluding carboxylic acids is 1. The molecule has 1 heterocycles. The van der Waals surface area contributed by atoms with Crippen LogP contribution in [0.5, 0.6) is 0 Å².